The van der Waals surface area contributed by atoms with Crippen LogP contribution in [0.2, 0.25) is 0 Å². The summed E-state index contributed by atoms with van der Waals surface area (Å²) in [6.07, 6.45) is -9.74. The van der Waals surface area contributed by atoms with Crippen molar-refractivity contribution in [3.8, 4) is 5.75 Å². The maximum atomic E-state index is 14.1. The number of halogens is 7. The summed E-state index contributed by atoms with van der Waals surface area (Å²) >= 11 is 0.763. The normalized spacial score (nSPS) is 14.1. The number of aromatic nitrogens is 2. The van der Waals surface area contributed by atoms with Crippen LogP contribution in [0.5, 0.6) is 5.75 Å². The molecule has 4 rings (SSSR count). The van der Waals surface area contributed by atoms with E-state index in [-0.39, 0.29) is 36.7 Å². The maximum Gasteiger partial charge on any atom is 0.420 e. The molecule has 0 aliphatic carbocycles. The lowest BCUT2D eigenvalue weighted by molar-refractivity contribution is -0.143. The first-order valence-electron chi connectivity index (χ1n) is 11.0. The van der Waals surface area contributed by atoms with E-state index in [0.29, 0.717) is 14.8 Å². The summed E-state index contributed by atoms with van der Waals surface area (Å²) in [5.41, 5.74) is -4.60. The highest BCUT2D eigenvalue weighted by molar-refractivity contribution is 7.97. The number of carbonyl (C=O) groups is 2. The van der Waals surface area contributed by atoms with E-state index < -0.39 is 52.9 Å². The van der Waals surface area contributed by atoms with Crippen LogP contribution in [-0.2, 0) is 12.4 Å². The van der Waals surface area contributed by atoms with Crippen LogP contribution in [0.1, 0.15) is 11.1 Å². The number of urea groups is 1. The SMILES string of the molecule is CN(C(=O)Oc1c(N2CCN(c3cnc(SN)cn3)C2=O)cc(C(F)(F)F)cc1C(F)(F)F)c1ccc(F)cc1. The Bertz CT molecular complexity index is 1420. The molecule has 2 aromatic carbocycles. The average Bonchev–Trinajstić information content (AvgIpc) is 3.28. The van der Waals surface area contributed by atoms with Crippen molar-refractivity contribution in [1.82, 2.24) is 9.97 Å². The van der Waals surface area contributed by atoms with Crippen molar-refractivity contribution in [3.05, 3.63) is 65.7 Å². The Morgan fingerprint density at radius 2 is 1.65 bits per heavy atom. The molecule has 3 amide bonds. The number of nitrogens with zero attached hydrogens (tertiary/aromatic N) is 5. The van der Waals surface area contributed by atoms with E-state index in [9.17, 15) is 40.3 Å². The van der Waals surface area contributed by atoms with Gasteiger partial charge in [-0.05, 0) is 48.3 Å². The van der Waals surface area contributed by atoms with Gasteiger partial charge >= 0.3 is 24.5 Å². The molecule has 9 nitrogen and oxygen atoms in total. The Labute approximate surface area is 225 Å². The molecule has 1 aliphatic rings. The quantitative estimate of drug-likeness (QED) is 0.300. The van der Waals surface area contributed by atoms with Gasteiger partial charge in [-0.3, -0.25) is 19.8 Å². The van der Waals surface area contributed by atoms with Gasteiger partial charge in [-0.25, -0.2) is 23.9 Å². The highest BCUT2D eigenvalue weighted by Gasteiger charge is 2.44. The van der Waals surface area contributed by atoms with Crippen molar-refractivity contribution < 1.29 is 45.1 Å². The summed E-state index contributed by atoms with van der Waals surface area (Å²) in [6, 6.07) is 3.25. The number of anilines is 3. The third-order valence-corrected chi connectivity index (χ3v) is 6.14. The second-order valence-corrected chi connectivity index (χ2v) is 8.84. The number of rotatable bonds is 5. The van der Waals surface area contributed by atoms with Gasteiger partial charge in [0.15, 0.2) is 11.6 Å². The third kappa shape index (κ3) is 5.89. The first-order chi connectivity index (χ1) is 18.7. The molecule has 1 aromatic heterocycles. The second kappa shape index (κ2) is 10.8. The summed E-state index contributed by atoms with van der Waals surface area (Å²) in [7, 11) is 1.09. The van der Waals surface area contributed by atoms with E-state index in [4.69, 9.17) is 9.88 Å². The zero-order valence-electron chi connectivity index (χ0n) is 20.1. The zero-order valence-corrected chi connectivity index (χ0v) is 20.9. The highest BCUT2D eigenvalue weighted by atomic mass is 32.2. The van der Waals surface area contributed by atoms with Gasteiger partial charge < -0.3 is 4.74 Å². The summed E-state index contributed by atoms with van der Waals surface area (Å²) in [6.45, 7) is -0.575. The fourth-order valence-corrected chi connectivity index (χ4v) is 3.93. The Morgan fingerprint density at radius 3 is 2.20 bits per heavy atom. The number of amides is 3. The molecule has 1 fully saturated rings. The van der Waals surface area contributed by atoms with Gasteiger partial charge in [0.2, 0.25) is 0 Å². The largest absolute Gasteiger partial charge is 0.420 e. The van der Waals surface area contributed by atoms with Crippen molar-refractivity contribution in [2.24, 2.45) is 5.14 Å². The van der Waals surface area contributed by atoms with E-state index in [1.165, 1.54) is 6.20 Å². The molecule has 0 atom stereocenters. The molecule has 0 bridgehead atoms. The Hall–Kier alpha value is -4.12. The third-order valence-electron chi connectivity index (χ3n) is 5.69. The monoisotopic (exact) mass is 590 g/mol. The average molecular weight is 590 g/mol. The number of nitrogens with two attached hydrogens (primary N) is 1. The number of hydrogen-bond donors (Lipinski definition) is 1. The summed E-state index contributed by atoms with van der Waals surface area (Å²) in [4.78, 5) is 36.3. The minimum absolute atomic E-state index is 0.00880. The standard InChI is InChI=1S/C23H17F7N6O3S/c1-34(14-4-2-13(24)3-5-14)21(38)39-19-15(23(28,29)30)8-12(22(25,26)27)9-16(19)35-6-7-36(20(35)37)17-10-33-18(40-31)11-32-17/h2-5,8-11H,6-7,31H2,1H3. The lowest BCUT2D eigenvalue weighted by Crippen LogP contribution is -2.34. The van der Waals surface area contributed by atoms with Gasteiger partial charge in [-0.2, -0.15) is 26.3 Å². The molecule has 0 saturated carbocycles. The van der Waals surface area contributed by atoms with Gasteiger partial charge in [0.1, 0.15) is 16.4 Å². The molecule has 0 radical (unpaired) electrons. The smallest absolute Gasteiger partial charge is 0.407 e. The van der Waals surface area contributed by atoms with E-state index in [1.807, 2.05) is 0 Å². The van der Waals surface area contributed by atoms with Crippen LogP contribution in [0.15, 0.2) is 53.8 Å². The lowest BCUT2D eigenvalue weighted by Gasteiger charge is -2.26. The molecule has 0 spiro atoms. The van der Waals surface area contributed by atoms with Crippen LogP contribution in [0.4, 0.5) is 57.5 Å². The van der Waals surface area contributed by atoms with Crippen LogP contribution < -0.4 is 24.6 Å². The van der Waals surface area contributed by atoms with Crippen LogP contribution in [0, 0.1) is 5.82 Å². The van der Waals surface area contributed by atoms with Crippen LogP contribution >= 0.6 is 11.9 Å². The van der Waals surface area contributed by atoms with Gasteiger partial charge in [-0.1, -0.05) is 0 Å². The lowest BCUT2D eigenvalue weighted by atomic mass is 10.1. The van der Waals surface area contributed by atoms with Crippen molar-refractivity contribution >= 4 is 41.3 Å². The number of ether oxygens (including phenoxy) is 1. The molecular weight excluding hydrogens is 573 g/mol. The van der Waals surface area contributed by atoms with Crippen molar-refractivity contribution in [2.45, 2.75) is 17.4 Å². The maximum absolute atomic E-state index is 14.1. The van der Waals surface area contributed by atoms with Crippen molar-refractivity contribution in [2.75, 3.05) is 34.8 Å². The fourth-order valence-electron chi connectivity index (χ4n) is 3.70. The minimum atomic E-state index is -5.43. The number of alkyl halides is 6. The Balaban J connectivity index is 1.79. The first kappa shape index (κ1) is 28.9. The van der Waals surface area contributed by atoms with Gasteiger partial charge in [0.25, 0.3) is 0 Å². The molecule has 17 heteroatoms. The van der Waals surface area contributed by atoms with Gasteiger partial charge in [0, 0.05) is 25.8 Å². The summed E-state index contributed by atoms with van der Waals surface area (Å²) in [5.74, 6) is -2.02. The number of carbonyl (C=O) groups excluding carboxylic acids is 2. The predicted molar refractivity (Wildman–Crippen MR) is 129 cm³/mol. The van der Waals surface area contributed by atoms with Crippen molar-refractivity contribution in [3.63, 3.8) is 0 Å². The predicted octanol–water partition coefficient (Wildman–Crippen LogP) is 5.70. The van der Waals surface area contributed by atoms with Crippen LogP contribution in [0.3, 0.4) is 0 Å². The first-order valence-corrected chi connectivity index (χ1v) is 11.9. The number of hydrogen-bond acceptors (Lipinski definition) is 7. The minimum Gasteiger partial charge on any atom is -0.407 e. The summed E-state index contributed by atoms with van der Waals surface area (Å²) in [5, 5.41) is 5.67. The van der Waals surface area contributed by atoms with E-state index in [1.54, 1.807) is 0 Å². The summed E-state index contributed by atoms with van der Waals surface area (Å²) < 4.78 is 101. The molecule has 1 saturated heterocycles. The molecule has 1 aliphatic heterocycles. The number of benzene rings is 2. The molecule has 3 aromatic rings. The topological polar surface area (TPSA) is 105 Å². The van der Waals surface area contributed by atoms with Gasteiger partial charge in [-0.15, -0.1) is 0 Å². The Morgan fingerprint density at radius 1 is 1.00 bits per heavy atom. The second-order valence-electron chi connectivity index (χ2n) is 8.19. The van der Waals surface area contributed by atoms with Crippen molar-refractivity contribution in [1.29, 1.82) is 0 Å². The van der Waals surface area contributed by atoms with Crippen LogP contribution in [-0.4, -0.2) is 42.2 Å². The fraction of sp³-hybridized carbons (Fsp3) is 0.217. The molecular formula is C23H17F7N6O3S. The molecule has 40 heavy (non-hydrogen) atoms. The molecule has 0 unspecified atom stereocenters. The Kier molecular flexibility index (Phi) is 7.80. The highest BCUT2D eigenvalue weighted by Crippen LogP contribution is 2.47. The van der Waals surface area contributed by atoms with E-state index >= 15 is 0 Å². The molecule has 2 heterocycles. The molecule has 212 valence electrons. The van der Waals surface area contributed by atoms with E-state index in [2.05, 4.69) is 9.97 Å². The van der Waals surface area contributed by atoms with Gasteiger partial charge in [0.05, 0.1) is 23.6 Å². The zero-order chi connectivity index (χ0) is 29.4. The van der Waals surface area contributed by atoms with Crippen LogP contribution in [0.25, 0.3) is 0 Å². The van der Waals surface area contributed by atoms with E-state index in [0.717, 1.165) is 54.4 Å². The molecule has 2 N–H and O–H groups in total.